The summed E-state index contributed by atoms with van der Waals surface area (Å²) in [5, 5.41) is 11.0. The summed E-state index contributed by atoms with van der Waals surface area (Å²) in [6, 6.07) is 18.6. The summed E-state index contributed by atoms with van der Waals surface area (Å²) < 4.78 is 0. The van der Waals surface area contributed by atoms with E-state index in [-0.39, 0.29) is 5.41 Å². The monoisotopic (exact) mass is 282 g/mol. The van der Waals surface area contributed by atoms with Gasteiger partial charge in [0.05, 0.1) is 5.60 Å². The van der Waals surface area contributed by atoms with E-state index in [9.17, 15) is 5.11 Å². The molecule has 0 saturated heterocycles. The average Bonchev–Trinajstić information content (AvgIpc) is 2.47. The Morgan fingerprint density at radius 3 is 1.86 bits per heavy atom. The number of hydrogen-bond acceptors (Lipinski definition) is 1. The third-order valence-electron chi connectivity index (χ3n) is 4.21. The maximum Gasteiger partial charge on any atom is 0.0934 e. The number of rotatable bonds is 4. The molecule has 0 aliphatic carbocycles. The fraction of sp³-hybridized carbons (Fsp3) is 0.400. The number of hydrogen-bond donors (Lipinski definition) is 1. The van der Waals surface area contributed by atoms with Crippen LogP contribution in [0.1, 0.15) is 50.8 Å². The van der Waals surface area contributed by atoms with E-state index in [2.05, 4.69) is 45.0 Å². The first-order valence-electron chi connectivity index (χ1n) is 7.72. The zero-order valence-electron chi connectivity index (χ0n) is 13.6. The van der Waals surface area contributed by atoms with Gasteiger partial charge in [0.2, 0.25) is 0 Å². The minimum Gasteiger partial charge on any atom is -0.385 e. The summed E-state index contributed by atoms with van der Waals surface area (Å²) in [4.78, 5) is 0. The maximum absolute atomic E-state index is 11.0. The molecule has 1 atom stereocenters. The van der Waals surface area contributed by atoms with Crippen LogP contribution in [0.25, 0.3) is 0 Å². The molecule has 2 aromatic rings. The molecule has 112 valence electrons. The molecule has 0 spiro atoms. The van der Waals surface area contributed by atoms with Gasteiger partial charge in [-0.2, -0.15) is 0 Å². The van der Waals surface area contributed by atoms with Crippen LogP contribution in [0.4, 0.5) is 0 Å². The van der Waals surface area contributed by atoms with Crippen molar-refractivity contribution in [1.82, 2.24) is 0 Å². The Bertz CT molecular complexity index is 563. The molecule has 0 aromatic heterocycles. The smallest absolute Gasteiger partial charge is 0.0934 e. The highest BCUT2D eigenvalue weighted by Gasteiger charge is 2.27. The van der Waals surface area contributed by atoms with Crippen LogP contribution < -0.4 is 0 Å². The Kier molecular flexibility index (Phi) is 4.53. The lowest BCUT2D eigenvalue weighted by Gasteiger charge is -2.28. The largest absolute Gasteiger partial charge is 0.385 e. The zero-order valence-corrected chi connectivity index (χ0v) is 13.6. The maximum atomic E-state index is 11.0. The van der Waals surface area contributed by atoms with Crippen LogP contribution in [-0.4, -0.2) is 5.11 Å². The first kappa shape index (κ1) is 15.8. The van der Waals surface area contributed by atoms with Gasteiger partial charge in [-0.15, -0.1) is 0 Å². The van der Waals surface area contributed by atoms with E-state index >= 15 is 0 Å². The normalized spacial score (nSPS) is 14.7. The van der Waals surface area contributed by atoms with Gasteiger partial charge in [0.1, 0.15) is 0 Å². The highest BCUT2D eigenvalue weighted by molar-refractivity contribution is 5.31. The summed E-state index contributed by atoms with van der Waals surface area (Å²) in [6.45, 7) is 8.69. The molecule has 0 amide bonds. The minimum absolute atomic E-state index is 0.166. The fourth-order valence-corrected chi connectivity index (χ4v) is 2.64. The highest BCUT2D eigenvalue weighted by Crippen LogP contribution is 2.30. The Hall–Kier alpha value is -1.60. The van der Waals surface area contributed by atoms with Crippen molar-refractivity contribution < 1.29 is 5.11 Å². The minimum atomic E-state index is -0.787. The van der Waals surface area contributed by atoms with Crippen LogP contribution in [0, 0.1) is 0 Å². The van der Waals surface area contributed by atoms with Crippen LogP contribution >= 0.6 is 0 Å². The second-order valence-electron chi connectivity index (χ2n) is 6.87. The van der Waals surface area contributed by atoms with Crippen LogP contribution in [0.15, 0.2) is 54.6 Å². The van der Waals surface area contributed by atoms with Crippen LogP contribution in [0.3, 0.4) is 0 Å². The number of benzene rings is 2. The van der Waals surface area contributed by atoms with E-state index in [1.807, 2.05) is 37.3 Å². The van der Waals surface area contributed by atoms with E-state index < -0.39 is 5.60 Å². The Morgan fingerprint density at radius 2 is 1.38 bits per heavy atom. The van der Waals surface area contributed by atoms with Gasteiger partial charge in [-0.25, -0.2) is 0 Å². The lowest BCUT2D eigenvalue weighted by atomic mass is 9.83. The molecule has 0 aliphatic rings. The molecule has 0 aliphatic heterocycles. The summed E-state index contributed by atoms with van der Waals surface area (Å²) in [5.41, 5.74) is 2.87. The summed E-state index contributed by atoms with van der Waals surface area (Å²) >= 11 is 0. The lowest BCUT2D eigenvalue weighted by Crippen LogP contribution is -2.27. The van der Waals surface area contributed by atoms with Crippen molar-refractivity contribution >= 4 is 0 Å². The van der Waals surface area contributed by atoms with E-state index in [1.54, 1.807) is 0 Å². The van der Waals surface area contributed by atoms with E-state index in [1.165, 1.54) is 11.1 Å². The van der Waals surface area contributed by atoms with Crippen molar-refractivity contribution in [1.29, 1.82) is 0 Å². The Labute approximate surface area is 128 Å². The zero-order chi connectivity index (χ0) is 15.5. The Morgan fingerprint density at radius 1 is 0.810 bits per heavy atom. The van der Waals surface area contributed by atoms with Crippen LogP contribution in [-0.2, 0) is 17.4 Å². The van der Waals surface area contributed by atoms with Crippen molar-refractivity contribution in [3.63, 3.8) is 0 Å². The third kappa shape index (κ3) is 3.74. The molecule has 1 N–H and O–H groups in total. The van der Waals surface area contributed by atoms with Gasteiger partial charge in [0.25, 0.3) is 0 Å². The number of aliphatic hydroxyl groups is 1. The third-order valence-corrected chi connectivity index (χ3v) is 4.21. The molecule has 1 unspecified atom stereocenters. The van der Waals surface area contributed by atoms with Crippen molar-refractivity contribution in [2.24, 2.45) is 0 Å². The quantitative estimate of drug-likeness (QED) is 0.852. The molecule has 1 heteroatoms. The van der Waals surface area contributed by atoms with Crippen molar-refractivity contribution in [3.8, 4) is 0 Å². The molecule has 2 aromatic carbocycles. The van der Waals surface area contributed by atoms with Gasteiger partial charge in [-0.05, 0) is 28.5 Å². The van der Waals surface area contributed by atoms with Crippen molar-refractivity contribution in [2.75, 3.05) is 0 Å². The molecule has 1 nitrogen and oxygen atoms in total. The topological polar surface area (TPSA) is 20.2 Å². The van der Waals surface area contributed by atoms with Crippen LogP contribution in [0.2, 0.25) is 0 Å². The molecular weight excluding hydrogens is 256 g/mol. The molecule has 0 heterocycles. The summed E-state index contributed by atoms with van der Waals surface area (Å²) in [6.07, 6.45) is 1.36. The molecule has 21 heavy (non-hydrogen) atoms. The van der Waals surface area contributed by atoms with Gasteiger partial charge in [0, 0.05) is 6.42 Å². The first-order valence-corrected chi connectivity index (χ1v) is 7.72. The molecule has 0 fully saturated rings. The summed E-state index contributed by atoms with van der Waals surface area (Å²) in [5.74, 6) is 0. The van der Waals surface area contributed by atoms with Gasteiger partial charge in [-0.1, -0.05) is 82.3 Å². The van der Waals surface area contributed by atoms with Crippen LogP contribution in [0.5, 0.6) is 0 Å². The van der Waals surface area contributed by atoms with E-state index in [0.717, 1.165) is 5.56 Å². The SMILES string of the molecule is CCC(O)(Cc1ccc(C(C)(C)C)cc1)c1ccccc1. The fourth-order valence-electron chi connectivity index (χ4n) is 2.64. The van der Waals surface area contributed by atoms with Gasteiger partial charge in [-0.3, -0.25) is 0 Å². The van der Waals surface area contributed by atoms with Gasteiger partial charge < -0.3 is 5.11 Å². The predicted octanol–water partition coefficient (Wildman–Crippen LogP) is 4.82. The average molecular weight is 282 g/mol. The van der Waals surface area contributed by atoms with Crippen molar-refractivity contribution in [3.05, 3.63) is 71.3 Å². The molecule has 0 radical (unpaired) electrons. The molecule has 0 bridgehead atoms. The van der Waals surface area contributed by atoms with E-state index in [4.69, 9.17) is 0 Å². The highest BCUT2D eigenvalue weighted by atomic mass is 16.3. The predicted molar refractivity (Wildman–Crippen MR) is 89.5 cm³/mol. The molecule has 2 rings (SSSR count). The molecule has 0 saturated carbocycles. The van der Waals surface area contributed by atoms with Gasteiger partial charge in [0.15, 0.2) is 0 Å². The summed E-state index contributed by atoms with van der Waals surface area (Å²) in [7, 11) is 0. The van der Waals surface area contributed by atoms with Crippen molar-refractivity contribution in [2.45, 2.75) is 51.6 Å². The first-order chi connectivity index (χ1) is 9.85. The van der Waals surface area contributed by atoms with Gasteiger partial charge >= 0.3 is 0 Å². The standard InChI is InChI=1S/C20H26O/c1-5-20(21,18-9-7-6-8-10-18)15-16-11-13-17(14-12-16)19(2,3)4/h6-14,21H,5,15H2,1-4H3. The molecular formula is C20H26O. The second kappa shape index (κ2) is 6.03. The second-order valence-corrected chi connectivity index (χ2v) is 6.87. The van der Waals surface area contributed by atoms with E-state index in [0.29, 0.717) is 12.8 Å². The Balaban J connectivity index is 2.23. The lowest BCUT2D eigenvalue weighted by molar-refractivity contribution is 0.0327.